The number of pyridine rings is 1. The molecular weight excluding hydrogens is 631 g/mol. The van der Waals surface area contributed by atoms with E-state index in [4.69, 9.17) is 19.4 Å². The van der Waals surface area contributed by atoms with Gasteiger partial charge in [-0.05, 0) is 84.2 Å². The Bertz CT molecular complexity index is 1690. The number of anilines is 1. The van der Waals surface area contributed by atoms with Gasteiger partial charge in [-0.3, -0.25) is 9.59 Å². The second-order valence-corrected chi connectivity index (χ2v) is 14.3. The number of hydrogen-bond donors (Lipinski definition) is 2. The van der Waals surface area contributed by atoms with Crippen LogP contribution in [0.3, 0.4) is 0 Å². The van der Waals surface area contributed by atoms with Crippen LogP contribution in [0.4, 0.5) is 10.3 Å². The number of nitrogens with one attached hydrogen (secondary N) is 2. The van der Waals surface area contributed by atoms with Gasteiger partial charge in [0.25, 0.3) is 17.3 Å². The summed E-state index contributed by atoms with van der Waals surface area (Å²) in [6, 6.07) is 4.08. The van der Waals surface area contributed by atoms with E-state index in [1.54, 1.807) is 12.4 Å². The Kier molecular flexibility index (Phi) is 10.3. The van der Waals surface area contributed by atoms with Crippen LogP contribution in [0.15, 0.2) is 34.2 Å². The highest BCUT2D eigenvalue weighted by atomic mass is 32.2. The van der Waals surface area contributed by atoms with Gasteiger partial charge in [-0.1, -0.05) is 0 Å². The van der Waals surface area contributed by atoms with Crippen molar-refractivity contribution in [2.24, 2.45) is 5.92 Å². The van der Waals surface area contributed by atoms with E-state index in [0.717, 1.165) is 67.8 Å². The van der Waals surface area contributed by atoms with Crippen molar-refractivity contribution >= 4 is 23.6 Å². The van der Waals surface area contributed by atoms with E-state index in [-0.39, 0.29) is 30.6 Å². The first-order chi connectivity index (χ1) is 23.1. The Balaban J connectivity index is 1.31. The first-order valence-electron chi connectivity index (χ1n) is 17.1. The number of benzene rings is 1. The fourth-order valence-corrected chi connectivity index (χ4v) is 8.08. The number of carbonyl (C=O) groups is 1. The number of thioether (sulfide) groups is 1. The minimum atomic E-state index is -0.933. The molecule has 0 radical (unpaired) electrons. The second kappa shape index (κ2) is 14.5. The molecule has 1 saturated heterocycles. The Morgan fingerprint density at radius 2 is 1.79 bits per heavy atom. The van der Waals surface area contributed by atoms with Gasteiger partial charge in [0.05, 0.1) is 0 Å². The van der Waals surface area contributed by atoms with E-state index in [0.29, 0.717) is 52.3 Å². The van der Waals surface area contributed by atoms with E-state index in [1.807, 2.05) is 46.2 Å². The van der Waals surface area contributed by atoms with Crippen molar-refractivity contribution in [3.63, 3.8) is 0 Å². The van der Waals surface area contributed by atoms with E-state index >= 15 is 0 Å². The number of aryl methyl sites for hydroxylation is 1. The standard InChI is InChI=1S/C36H47FN6O4S/c1-22-17-30(48-5)29(34(45)41-22)21-38-33(44)27-18-28(24-19-39-35(40-20-24)43-14-7-6-8-15-43)32-31(23(27)2)46-36(3,47-32)25-9-11-26(12-10-25)42(4)16-13-37/h17-20,25-26H,6-16,21H2,1-5H3,(H,38,44)(H,41,45). The molecule has 1 amide bonds. The van der Waals surface area contributed by atoms with Crippen LogP contribution >= 0.6 is 11.8 Å². The number of nitrogens with zero attached hydrogens (tertiary/aromatic N) is 4. The van der Waals surface area contributed by atoms with Crippen LogP contribution in [0.2, 0.25) is 0 Å². The van der Waals surface area contributed by atoms with Crippen LogP contribution in [-0.4, -0.2) is 77.2 Å². The maximum Gasteiger partial charge on any atom is 0.254 e. The number of halogens is 1. The Labute approximate surface area is 286 Å². The molecule has 3 aromatic rings. The molecule has 12 heteroatoms. The number of aromatic amines is 1. The number of carbonyl (C=O) groups excluding carboxylic acids is 1. The Morgan fingerprint density at radius 1 is 1.10 bits per heavy atom. The van der Waals surface area contributed by atoms with Crippen molar-refractivity contribution in [2.75, 3.05) is 44.5 Å². The number of H-pyrrole nitrogens is 1. The summed E-state index contributed by atoms with van der Waals surface area (Å²) in [5, 5.41) is 2.99. The van der Waals surface area contributed by atoms with Crippen LogP contribution in [0.1, 0.15) is 79.0 Å². The van der Waals surface area contributed by atoms with Gasteiger partial charge in [0.2, 0.25) is 5.95 Å². The zero-order chi connectivity index (χ0) is 34.0. The number of rotatable bonds is 10. The molecule has 258 valence electrons. The molecule has 2 aromatic heterocycles. The lowest BCUT2D eigenvalue weighted by Crippen LogP contribution is -2.47. The lowest BCUT2D eigenvalue weighted by molar-refractivity contribution is -0.123. The molecule has 1 aromatic carbocycles. The van der Waals surface area contributed by atoms with Crippen LogP contribution in [0.5, 0.6) is 11.5 Å². The van der Waals surface area contributed by atoms with Gasteiger partial charge < -0.3 is 29.6 Å². The number of hydrogen-bond acceptors (Lipinski definition) is 9. The molecule has 2 fully saturated rings. The molecule has 0 spiro atoms. The minimum Gasteiger partial charge on any atom is -0.448 e. The Hall–Kier alpha value is -3.64. The predicted octanol–water partition coefficient (Wildman–Crippen LogP) is 6.04. The van der Waals surface area contributed by atoms with E-state index in [2.05, 4.69) is 20.1 Å². The summed E-state index contributed by atoms with van der Waals surface area (Å²) in [4.78, 5) is 44.1. The van der Waals surface area contributed by atoms with E-state index in [9.17, 15) is 14.0 Å². The number of amides is 1. The number of fused-ring (bicyclic) bond motifs is 1. The monoisotopic (exact) mass is 678 g/mol. The third-order valence-electron chi connectivity index (χ3n) is 10.3. The van der Waals surface area contributed by atoms with Crippen molar-refractivity contribution < 1.29 is 18.7 Å². The zero-order valence-corrected chi connectivity index (χ0v) is 29.5. The van der Waals surface area contributed by atoms with Gasteiger partial charge >= 0.3 is 0 Å². The number of alkyl halides is 1. The summed E-state index contributed by atoms with van der Waals surface area (Å²) >= 11 is 1.47. The first-order valence-corrected chi connectivity index (χ1v) is 18.3. The van der Waals surface area contributed by atoms with Crippen molar-refractivity contribution in [3.05, 3.63) is 57.3 Å². The maximum absolute atomic E-state index is 13.9. The molecule has 3 aliphatic rings. The molecule has 1 saturated carbocycles. The van der Waals surface area contributed by atoms with Crippen molar-refractivity contribution in [1.29, 1.82) is 0 Å². The summed E-state index contributed by atoms with van der Waals surface area (Å²) < 4.78 is 26.5. The summed E-state index contributed by atoms with van der Waals surface area (Å²) in [7, 11) is 1.99. The molecule has 4 heterocycles. The predicted molar refractivity (Wildman–Crippen MR) is 187 cm³/mol. The number of aromatic nitrogens is 3. The second-order valence-electron chi connectivity index (χ2n) is 13.5. The Morgan fingerprint density at radius 3 is 2.46 bits per heavy atom. The summed E-state index contributed by atoms with van der Waals surface area (Å²) in [6.07, 6.45) is 12.6. The average molecular weight is 679 g/mol. The minimum absolute atomic E-state index is 0.0826. The van der Waals surface area contributed by atoms with Crippen LogP contribution in [-0.2, 0) is 6.54 Å². The fraction of sp³-hybridized carbons (Fsp3) is 0.556. The molecule has 10 nitrogen and oxygen atoms in total. The maximum atomic E-state index is 13.9. The molecule has 2 N–H and O–H groups in total. The van der Waals surface area contributed by atoms with Gasteiger partial charge in [0, 0.05) is 95.9 Å². The fourth-order valence-electron chi connectivity index (χ4n) is 7.37. The molecule has 1 unspecified atom stereocenters. The lowest BCUT2D eigenvalue weighted by atomic mass is 9.81. The molecule has 0 bridgehead atoms. The van der Waals surface area contributed by atoms with Crippen LogP contribution < -0.4 is 25.2 Å². The third kappa shape index (κ3) is 6.92. The zero-order valence-electron chi connectivity index (χ0n) is 28.7. The van der Waals surface area contributed by atoms with Crippen LogP contribution in [0.25, 0.3) is 11.1 Å². The first kappa shape index (κ1) is 34.2. The van der Waals surface area contributed by atoms with E-state index in [1.165, 1.54) is 18.2 Å². The topological polar surface area (TPSA) is 113 Å². The van der Waals surface area contributed by atoms with Gasteiger partial charge in [0.1, 0.15) is 6.67 Å². The molecule has 6 rings (SSSR count). The molecule has 1 atom stereocenters. The number of piperidine rings is 1. The average Bonchev–Trinajstić information content (AvgIpc) is 3.47. The van der Waals surface area contributed by atoms with Crippen molar-refractivity contribution in [3.8, 4) is 22.6 Å². The van der Waals surface area contributed by atoms with Gasteiger partial charge in [-0.15, -0.1) is 11.8 Å². The highest BCUT2D eigenvalue weighted by Crippen LogP contribution is 2.53. The lowest BCUT2D eigenvalue weighted by Gasteiger charge is -2.39. The molecule has 2 aliphatic heterocycles. The van der Waals surface area contributed by atoms with Crippen molar-refractivity contribution in [2.45, 2.75) is 89.0 Å². The summed E-state index contributed by atoms with van der Waals surface area (Å²) in [6.45, 7) is 7.74. The molecular formula is C36H47FN6O4S. The quantitative estimate of drug-likeness (QED) is 0.248. The summed E-state index contributed by atoms with van der Waals surface area (Å²) in [5.74, 6) is 0.678. The van der Waals surface area contributed by atoms with Gasteiger partial charge in [-0.2, -0.15) is 0 Å². The largest absolute Gasteiger partial charge is 0.448 e. The normalized spacial score (nSPS) is 22.3. The van der Waals surface area contributed by atoms with Gasteiger partial charge in [0.15, 0.2) is 11.5 Å². The molecule has 1 aliphatic carbocycles. The molecule has 48 heavy (non-hydrogen) atoms. The number of ether oxygens (including phenoxy) is 2. The highest BCUT2D eigenvalue weighted by Gasteiger charge is 2.48. The van der Waals surface area contributed by atoms with E-state index < -0.39 is 5.79 Å². The van der Waals surface area contributed by atoms with Crippen molar-refractivity contribution in [1.82, 2.24) is 25.2 Å². The SMILES string of the molecule is CSc1cc(C)[nH]c(=O)c1CNC(=O)c1cc(-c2cnc(N3CCCCC3)nc2)c2c(c1C)OC(C)(C1CCC(N(C)CCF)CC1)O2. The third-order valence-corrected chi connectivity index (χ3v) is 11.1. The smallest absolute Gasteiger partial charge is 0.254 e. The highest BCUT2D eigenvalue weighted by molar-refractivity contribution is 7.98. The van der Waals surface area contributed by atoms with Gasteiger partial charge in [-0.25, -0.2) is 14.4 Å². The van der Waals surface area contributed by atoms with Crippen LogP contribution in [0, 0.1) is 19.8 Å². The summed E-state index contributed by atoms with van der Waals surface area (Å²) in [5.41, 5.74) is 3.58.